The number of aryl methyl sites for hydroxylation is 1. The lowest BCUT2D eigenvalue weighted by atomic mass is 10.0. The second-order valence-corrected chi connectivity index (χ2v) is 7.32. The number of rotatable bonds is 5. The van der Waals surface area contributed by atoms with Crippen LogP contribution in [0, 0.1) is 6.92 Å². The summed E-state index contributed by atoms with van der Waals surface area (Å²) in [7, 11) is 0. The molecule has 0 aliphatic heterocycles. The molecule has 0 bridgehead atoms. The summed E-state index contributed by atoms with van der Waals surface area (Å²) in [5.41, 5.74) is 7.85. The largest absolute Gasteiger partial charge is 0.317 e. The van der Waals surface area contributed by atoms with Crippen LogP contribution in [0.3, 0.4) is 0 Å². The first-order valence-electron chi connectivity index (χ1n) is 9.83. The first-order chi connectivity index (χ1) is 14.6. The minimum absolute atomic E-state index is 0.0902. The number of fused-ring (bicyclic) bond motifs is 1. The lowest BCUT2D eigenvalue weighted by Gasteiger charge is -2.19. The third kappa shape index (κ3) is 3.88. The van der Waals surface area contributed by atoms with Gasteiger partial charge in [0.25, 0.3) is 5.91 Å². The molecule has 0 saturated heterocycles. The molecule has 0 aliphatic rings. The number of carbonyl (C=O) groups excluding carboxylic acids is 1. The van der Waals surface area contributed by atoms with Crippen LogP contribution in [0.5, 0.6) is 0 Å². The summed E-state index contributed by atoms with van der Waals surface area (Å²) < 4.78 is 2.25. The van der Waals surface area contributed by atoms with E-state index in [-0.39, 0.29) is 6.04 Å². The predicted molar refractivity (Wildman–Crippen MR) is 119 cm³/mol. The molecule has 150 valence electrons. The van der Waals surface area contributed by atoms with Gasteiger partial charge < -0.3 is 4.57 Å². The molecule has 5 nitrogen and oxygen atoms in total. The van der Waals surface area contributed by atoms with Crippen LogP contribution in [-0.2, 0) is 4.79 Å². The van der Waals surface area contributed by atoms with E-state index in [0.717, 1.165) is 28.0 Å². The summed E-state index contributed by atoms with van der Waals surface area (Å²) in [4.78, 5) is 16.2. The second-order valence-electron chi connectivity index (χ2n) is 7.32. The van der Waals surface area contributed by atoms with E-state index >= 15 is 0 Å². The fraction of sp³-hybridized carbons (Fsp3) is 0.120. The van der Waals surface area contributed by atoms with Gasteiger partial charge in [-0.25, -0.2) is 10.5 Å². The minimum atomic E-state index is -0.569. The van der Waals surface area contributed by atoms with E-state index in [4.69, 9.17) is 10.2 Å². The molecule has 2 N–H and O–H groups in total. The number of hydrogen-bond acceptors (Lipinski definition) is 3. The zero-order valence-corrected chi connectivity index (χ0v) is 16.9. The number of imidazole rings is 1. The molecule has 0 fully saturated rings. The molecule has 0 radical (unpaired) electrons. The normalized spacial score (nSPS) is 12.4. The molecule has 4 aromatic rings. The molecule has 1 atom stereocenters. The van der Waals surface area contributed by atoms with E-state index in [2.05, 4.69) is 48.7 Å². The first-order valence-corrected chi connectivity index (χ1v) is 9.83. The third-order valence-corrected chi connectivity index (χ3v) is 5.23. The molecule has 1 unspecified atom stereocenters. The van der Waals surface area contributed by atoms with Gasteiger partial charge in [-0.05, 0) is 49.2 Å². The maximum absolute atomic E-state index is 11.3. The number of hydroxylamine groups is 1. The van der Waals surface area contributed by atoms with Gasteiger partial charge in [-0.15, -0.1) is 0 Å². The van der Waals surface area contributed by atoms with Crippen molar-refractivity contribution in [2.45, 2.75) is 19.9 Å². The highest BCUT2D eigenvalue weighted by molar-refractivity contribution is 5.91. The van der Waals surface area contributed by atoms with Gasteiger partial charge in [0, 0.05) is 11.6 Å². The minimum Gasteiger partial charge on any atom is -0.317 e. The maximum Gasteiger partial charge on any atom is 0.267 e. The van der Waals surface area contributed by atoms with Crippen molar-refractivity contribution in [2.75, 3.05) is 0 Å². The van der Waals surface area contributed by atoms with Crippen LogP contribution in [0.25, 0.3) is 28.5 Å². The number of nitrogens with zero attached hydrogens (tertiary/aromatic N) is 2. The summed E-state index contributed by atoms with van der Waals surface area (Å²) in [6.45, 7) is 4.26. The quantitative estimate of drug-likeness (QED) is 0.278. The number of aromatic nitrogens is 2. The fourth-order valence-electron chi connectivity index (χ4n) is 3.62. The highest BCUT2D eigenvalue weighted by Gasteiger charge is 2.18. The van der Waals surface area contributed by atoms with Crippen molar-refractivity contribution in [1.29, 1.82) is 0 Å². The van der Waals surface area contributed by atoms with E-state index in [1.807, 2.05) is 42.5 Å². The van der Waals surface area contributed by atoms with Crippen LogP contribution in [0.4, 0.5) is 0 Å². The van der Waals surface area contributed by atoms with Crippen molar-refractivity contribution >= 4 is 23.0 Å². The Kier molecular flexibility index (Phi) is 5.46. The van der Waals surface area contributed by atoms with Crippen LogP contribution in [-0.4, -0.2) is 20.7 Å². The summed E-state index contributed by atoms with van der Waals surface area (Å²) in [5.74, 6) is 0.298. The van der Waals surface area contributed by atoms with Gasteiger partial charge in [0.05, 0.1) is 17.1 Å². The van der Waals surface area contributed by atoms with Crippen LogP contribution in [0.15, 0.2) is 78.9 Å². The number of hydrogen-bond donors (Lipinski definition) is 2. The van der Waals surface area contributed by atoms with Crippen LogP contribution in [0.2, 0.25) is 0 Å². The molecule has 0 spiro atoms. The lowest BCUT2D eigenvalue weighted by molar-refractivity contribution is -0.124. The number of carbonyl (C=O) groups is 1. The Bertz CT molecular complexity index is 1220. The molecule has 1 amide bonds. The SMILES string of the molecule is Cc1ccc(C(C)n2c(-c3cccc(C=CC(=O)NO)c3)nc3ccccc32)cc1. The lowest BCUT2D eigenvalue weighted by Crippen LogP contribution is -2.14. The van der Waals surface area contributed by atoms with Crippen molar-refractivity contribution in [1.82, 2.24) is 15.0 Å². The zero-order valence-electron chi connectivity index (χ0n) is 16.9. The Hall–Kier alpha value is -3.70. The molecule has 0 aliphatic carbocycles. The smallest absolute Gasteiger partial charge is 0.267 e. The molecule has 3 aromatic carbocycles. The average Bonchev–Trinajstić information content (AvgIpc) is 3.17. The van der Waals surface area contributed by atoms with Crippen LogP contribution in [0.1, 0.15) is 29.7 Å². The second kappa shape index (κ2) is 8.35. The van der Waals surface area contributed by atoms with Crippen LogP contribution < -0.4 is 5.48 Å². The number of nitrogens with one attached hydrogen (secondary N) is 1. The molecule has 30 heavy (non-hydrogen) atoms. The van der Waals surface area contributed by atoms with Gasteiger partial charge in [0.1, 0.15) is 5.82 Å². The highest BCUT2D eigenvalue weighted by Crippen LogP contribution is 2.32. The van der Waals surface area contributed by atoms with Gasteiger partial charge in [-0.2, -0.15) is 0 Å². The average molecular weight is 397 g/mol. The van der Waals surface area contributed by atoms with E-state index in [0.29, 0.717) is 0 Å². The summed E-state index contributed by atoms with van der Waals surface area (Å²) in [6.07, 6.45) is 2.95. The fourth-order valence-corrected chi connectivity index (χ4v) is 3.62. The molecular weight excluding hydrogens is 374 g/mol. The van der Waals surface area contributed by atoms with Gasteiger partial charge in [0.15, 0.2) is 0 Å². The van der Waals surface area contributed by atoms with Crippen molar-refractivity contribution in [3.05, 3.63) is 95.6 Å². The topological polar surface area (TPSA) is 67.2 Å². The zero-order chi connectivity index (χ0) is 21.1. The molecule has 5 heteroatoms. The third-order valence-electron chi connectivity index (χ3n) is 5.23. The Morgan fingerprint density at radius 3 is 2.60 bits per heavy atom. The predicted octanol–water partition coefficient (Wildman–Crippen LogP) is 5.14. The van der Waals surface area contributed by atoms with Crippen molar-refractivity contribution in [2.24, 2.45) is 0 Å². The standard InChI is InChI=1S/C25H23N3O2/c1-17-10-13-20(14-11-17)18(2)28-23-9-4-3-8-22(23)26-25(28)21-7-5-6-19(16-21)12-15-24(29)27-30/h3-16,18,30H,1-2H3,(H,27,29). The number of benzene rings is 3. The summed E-state index contributed by atoms with van der Waals surface area (Å²) >= 11 is 0. The molecular formula is C25H23N3O2. The van der Waals surface area contributed by atoms with E-state index in [9.17, 15) is 4.79 Å². The monoisotopic (exact) mass is 397 g/mol. The van der Waals surface area contributed by atoms with E-state index in [1.165, 1.54) is 17.2 Å². The summed E-state index contributed by atoms with van der Waals surface area (Å²) in [5, 5.41) is 8.68. The Labute approximate surface area is 175 Å². The van der Waals surface area contributed by atoms with E-state index < -0.39 is 5.91 Å². The van der Waals surface area contributed by atoms with Gasteiger partial charge in [0.2, 0.25) is 0 Å². The first kappa shape index (κ1) is 19.6. The van der Waals surface area contributed by atoms with Crippen molar-refractivity contribution < 1.29 is 10.0 Å². The molecule has 0 saturated carbocycles. The molecule has 4 rings (SSSR count). The van der Waals surface area contributed by atoms with Crippen molar-refractivity contribution in [3.8, 4) is 11.4 Å². The Balaban J connectivity index is 1.84. The van der Waals surface area contributed by atoms with Gasteiger partial charge in [-0.3, -0.25) is 10.0 Å². The number of para-hydroxylation sites is 2. The van der Waals surface area contributed by atoms with Gasteiger partial charge in [-0.1, -0.05) is 60.2 Å². The Morgan fingerprint density at radius 1 is 1.07 bits per heavy atom. The highest BCUT2D eigenvalue weighted by atomic mass is 16.5. The van der Waals surface area contributed by atoms with Crippen LogP contribution >= 0.6 is 0 Å². The number of amides is 1. The van der Waals surface area contributed by atoms with Gasteiger partial charge >= 0.3 is 0 Å². The molecule has 1 heterocycles. The Morgan fingerprint density at radius 2 is 1.83 bits per heavy atom. The van der Waals surface area contributed by atoms with E-state index in [1.54, 1.807) is 11.6 Å². The molecule has 1 aromatic heterocycles. The maximum atomic E-state index is 11.3. The van der Waals surface area contributed by atoms with Crippen molar-refractivity contribution in [3.63, 3.8) is 0 Å². The summed E-state index contributed by atoms with van der Waals surface area (Å²) in [6, 6.07) is 24.6.